The Hall–Kier alpha value is -0.650. The van der Waals surface area contributed by atoms with Gasteiger partial charge in [-0.1, -0.05) is 6.92 Å². The van der Waals surface area contributed by atoms with Gasteiger partial charge in [-0.15, -0.1) is 0 Å². The number of nitrogens with zero attached hydrogens (tertiary/aromatic N) is 1. The summed E-state index contributed by atoms with van der Waals surface area (Å²) >= 11 is 0. The summed E-state index contributed by atoms with van der Waals surface area (Å²) in [6, 6.07) is 0.309. The zero-order valence-corrected chi connectivity index (χ0v) is 12.1. The zero-order chi connectivity index (χ0) is 13.8. The lowest BCUT2D eigenvalue weighted by Gasteiger charge is -2.30. The van der Waals surface area contributed by atoms with E-state index in [0.29, 0.717) is 12.5 Å². The maximum absolute atomic E-state index is 7.44. The van der Waals surface area contributed by atoms with Crippen LogP contribution in [0.4, 0.5) is 0 Å². The van der Waals surface area contributed by atoms with Crippen LogP contribution in [0.15, 0.2) is 0 Å². The molecule has 5 nitrogen and oxygen atoms in total. The lowest BCUT2D eigenvalue weighted by atomic mass is 10.1. The van der Waals surface area contributed by atoms with Crippen molar-refractivity contribution in [1.82, 2.24) is 4.90 Å². The summed E-state index contributed by atoms with van der Waals surface area (Å²) in [5.74, 6) is 0.250. The quantitative estimate of drug-likeness (QED) is 0.316. The number of nitrogens with two attached hydrogens (primary N) is 1. The predicted molar refractivity (Wildman–Crippen MR) is 75.2 cm³/mol. The Kier molecular flexibility index (Phi) is 11.0. The normalized spacial score (nSPS) is 12.9. The van der Waals surface area contributed by atoms with Gasteiger partial charge in [0.2, 0.25) is 0 Å². The van der Waals surface area contributed by atoms with Crippen LogP contribution < -0.4 is 5.73 Å². The zero-order valence-electron chi connectivity index (χ0n) is 12.1. The maximum atomic E-state index is 7.44. The molecule has 1 atom stereocenters. The Morgan fingerprint density at radius 1 is 1.11 bits per heavy atom. The second kappa shape index (κ2) is 11.4. The largest absolute Gasteiger partial charge is 0.388 e. The van der Waals surface area contributed by atoms with E-state index in [9.17, 15) is 0 Å². The number of amidine groups is 1. The molecule has 0 aliphatic heterocycles. The van der Waals surface area contributed by atoms with E-state index in [1.54, 1.807) is 0 Å². The highest BCUT2D eigenvalue weighted by Crippen LogP contribution is 2.08. The van der Waals surface area contributed by atoms with Crippen molar-refractivity contribution in [3.05, 3.63) is 0 Å². The van der Waals surface area contributed by atoms with Crippen LogP contribution in [-0.4, -0.2) is 56.3 Å². The average Bonchev–Trinajstić information content (AvgIpc) is 2.34. The molecule has 1 unspecified atom stereocenters. The first-order valence-electron chi connectivity index (χ1n) is 6.88. The topological polar surface area (TPSA) is 71.6 Å². The molecule has 0 heterocycles. The van der Waals surface area contributed by atoms with E-state index in [1.165, 1.54) is 0 Å². The smallest absolute Gasteiger partial charge is 0.0921 e. The Bertz CT molecular complexity index is 202. The number of nitrogens with one attached hydrogen (secondary N) is 1. The summed E-state index contributed by atoms with van der Waals surface area (Å²) in [5.41, 5.74) is 5.51. The van der Waals surface area contributed by atoms with Gasteiger partial charge in [-0.05, 0) is 20.3 Å². The molecule has 0 aromatic heterocycles. The molecule has 0 radical (unpaired) electrons. The van der Waals surface area contributed by atoms with Gasteiger partial charge < -0.3 is 15.2 Å². The molecule has 3 N–H and O–H groups in total. The van der Waals surface area contributed by atoms with Gasteiger partial charge in [0.1, 0.15) is 0 Å². The lowest BCUT2D eigenvalue weighted by molar-refractivity contribution is 0.0629. The molecule has 108 valence electrons. The molecule has 0 amide bonds. The van der Waals surface area contributed by atoms with Crippen LogP contribution >= 0.6 is 0 Å². The van der Waals surface area contributed by atoms with Crippen molar-refractivity contribution in [2.45, 2.75) is 39.7 Å². The molecule has 0 aromatic rings. The van der Waals surface area contributed by atoms with Crippen molar-refractivity contribution >= 4 is 5.84 Å². The van der Waals surface area contributed by atoms with Crippen molar-refractivity contribution in [1.29, 1.82) is 5.41 Å². The Morgan fingerprint density at radius 3 is 1.94 bits per heavy atom. The van der Waals surface area contributed by atoms with E-state index in [1.807, 2.05) is 13.8 Å². The minimum atomic E-state index is 0.250. The van der Waals surface area contributed by atoms with E-state index in [2.05, 4.69) is 11.8 Å². The monoisotopic (exact) mass is 259 g/mol. The first-order chi connectivity index (χ1) is 8.65. The third kappa shape index (κ3) is 8.44. The highest BCUT2D eigenvalue weighted by Gasteiger charge is 2.17. The number of hydrogen-bond acceptors (Lipinski definition) is 4. The van der Waals surface area contributed by atoms with Crippen molar-refractivity contribution in [3.8, 4) is 0 Å². The maximum Gasteiger partial charge on any atom is 0.0921 e. The fraction of sp³-hybridized carbons (Fsp3) is 0.923. The molecule has 0 fully saturated rings. The van der Waals surface area contributed by atoms with E-state index in [0.717, 1.165) is 45.9 Å². The van der Waals surface area contributed by atoms with Gasteiger partial charge in [0.25, 0.3) is 0 Å². The van der Waals surface area contributed by atoms with Crippen LogP contribution in [0, 0.1) is 5.41 Å². The van der Waals surface area contributed by atoms with Crippen LogP contribution in [0.3, 0.4) is 0 Å². The van der Waals surface area contributed by atoms with Crippen molar-refractivity contribution in [3.63, 3.8) is 0 Å². The summed E-state index contributed by atoms with van der Waals surface area (Å²) in [7, 11) is 0. The summed E-state index contributed by atoms with van der Waals surface area (Å²) in [5, 5.41) is 7.44. The first-order valence-corrected chi connectivity index (χ1v) is 6.88. The summed E-state index contributed by atoms with van der Waals surface area (Å²) in [4.78, 5) is 2.31. The molecule has 0 saturated carbocycles. The van der Waals surface area contributed by atoms with Crippen molar-refractivity contribution in [2.75, 3.05) is 39.5 Å². The fourth-order valence-electron chi connectivity index (χ4n) is 1.91. The molecule has 0 aliphatic carbocycles. The van der Waals surface area contributed by atoms with Crippen LogP contribution in [0.2, 0.25) is 0 Å². The average molecular weight is 259 g/mol. The van der Waals surface area contributed by atoms with Crippen LogP contribution in [-0.2, 0) is 9.47 Å². The predicted octanol–water partition coefficient (Wildman–Crippen LogP) is 1.47. The summed E-state index contributed by atoms with van der Waals surface area (Å²) < 4.78 is 10.8. The second-order valence-corrected chi connectivity index (χ2v) is 4.22. The molecule has 0 rings (SSSR count). The molecule has 0 aliphatic rings. The van der Waals surface area contributed by atoms with E-state index in [4.69, 9.17) is 20.6 Å². The molecule has 0 bridgehead atoms. The molecule has 0 spiro atoms. The third-order valence-corrected chi connectivity index (χ3v) is 2.90. The summed E-state index contributed by atoms with van der Waals surface area (Å²) in [6.07, 6.45) is 1.60. The molecule has 0 aromatic carbocycles. The van der Waals surface area contributed by atoms with Crippen molar-refractivity contribution < 1.29 is 9.47 Å². The van der Waals surface area contributed by atoms with Gasteiger partial charge in [-0.25, -0.2) is 0 Å². The Labute approximate surface area is 111 Å². The Balaban J connectivity index is 4.24. The standard InChI is InChI=1S/C13H29N3O2/c1-4-12(11-13(14)15)16(7-9-17-5-2)8-10-18-6-3/h12H,4-11H2,1-3H3,(H3,14,15). The number of ether oxygens (including phenoxy) is 2. The summed E-state index contributed by atoms with van der Waals surface area (Å²) in [6.45, 7) is 10.8. The van der Waals surface area contributed by atoms with Crippen LogP contribution in [0.25, 0.3) is 0 Å². The first kappa shape index (κ1) is 17.4. The highest BCUT2D eigenvalue weighted by atomic mass is 16.5. The van der Waals surface area contributed by atoms with Gasteiger partial charge in [-0.3, -0.25) is 10.3 Å². The van der Waals surface area contributed by atoms with Crippen molar-refractivity contribution in [2.24, 2.45) is 5.73 Å². The molecule has 5 heteroatoms. The minimum Gasteiger partial charge on any atom is -0.388 e. The SMILES string of the molecule is CCOCCN(CCOCC)C(CC)CC(=N)N. The fourth-order valence-corrected chi connectivity index (χ4v) is 1.91. The third-order valence-electron chi connectivity index (χ3n) is 2.90. The highest BCUT2D eigenvalue weighted by molar-refractivity contribution is 5.77. The van der Waals surface area contributed by atoms with Gasteiger partial charge in [-0.2, -0.15) is 0 Å². The molecule has 0 saturated heterocycles. The van der Waals surface area contributed by atoms with Gasteiger partial charge in [0.05, 0.1) is 19.0 Å². The van der Waals surface area contributed by atoms with Gasteiger partial charge in [0, 0.05) is 38.8 Å². The number of hydrogen-bond donors (Lipinski definition) is 2. The van der Waals surface area contributed by atoms with E-state index >= 15 is 0 Å². The second-order valence-electron chi connectivity index (χ2n) is 4.22. The van der Waals surface area contributed by atoms with Crippen LogP contribution in [0.1, 0.15) is 33.6 Å². The van der Waals surface area contributed by atoms with E-state index < -0.39 is 0 Å². The van der Waals surface area contributed by atoms with Crippen LogP contribution in [0.5, 0.6) is 0 Å². The number of rotatable bonds is 12. The molecular weight excluding hydrogens is 230 g/mol. The van der Waals surface area contributed by atoms with E-state index in [-0.39, 0.29) is 5.84 Å². The Morgan fingerprint density at radius 2 is 1.61 bits per heavy atom. The van der Waals surface area contributed by atoms with Gasteiger partial charge in [0.15, 0.2) is 0 Å². The molecular formula is C13H29N3O2. The van der Waals surface area contributed by atoms with Gasteiger partial charge >= 0.3 is 0 Å². The lowest BCUT2D eigenvalue weighted by Crippen LogP contribution is -2.41. The minimum absolute atomic E-state index is 0.250. The molecule has 18 heavy (non-hydrogen) atoms.